The summed E-state index contributed by atoms with van der Waals surface area (Å²) in [6.07, 6.45) is 13.5. The summed E-state index contributed by atoms with van der Waals surface area (Å²) in [5, 5.41) is 0. The first-order valence-corrected chi connectivity index (χ1v) is 18.0. The molecule has 3 heteroatoms. The summed E-state index contributed by atoms with van der Waals surface area (Å²) in [6.45, 7) is 6.62. The van der Waals surface area contributed by atoms with E-state index in [1.165, 1.54) is 67.4 Å². The van der Waals surface area contributed by atoms with Gasteiger partial charge in [0.1, 0.15) is 5.78 Å². The van der Waals surface area contributed by atoms with Crippen molar-refractivity contribution in [1.82, 2.24) is 9.80 Å². The highest BCUT2D eigenvalue weighted by Crippen LogP contribution is 2.22. The molecule has 0 N–H and O–H groups in total. The molecule has 4 aromatic carbocycles. The van der Waals surface area contributed by atoms with Crippen molar-refractivity contribution in [3.05, 3.63) is 155 Å². The van der Waals surface area contributed by atoms with E-state index in [9.17, 15) is 4.79 Å². The number of hydrogen-bond acceptors (Lipinski definition) is 3. The molecular formula is C44H54N2O. The summed E-state index contributed by atoms with van der Waals surface area (Å²) in [5.41, 5.74) is 7.27. The summed E-state index contributed by atoms with van der Waals surface area (Å²) in [4.78, 5) is 17.5. The molecule has 2 heterocycles. The van der Waals surface area contributed by atoms with E-state index in [1.54, 1.807) is 5.57 Å². The van der Waals surface area contributed by atoms with E-state index in [4.69, 9.17) is 0 Å². The van der Waals surface area contributed by atoms with E-state index in [-0.39, 0.29) is 5.92 Å². The summed E-state index contributed by atoms with van der Waals surface area (Å²) >= 11 is 0. The SMILES string of the molecule is C(CCCc1ccccc1)=C1CCN(Cc2ccccc2)CC1.O=C(CCCc1ccccc1)C1CCN(Cc2ccccc2)CC1. The number of carbonyl (C=O) groups is 1. The van der Waals surface area contributed by atoms with Gasteiger partial charge in [-0.1, -0.05) is 133 Å². The first-order chi connectivity index (χ1) is 23.2. The number of hydrogen-bond donors (Lipinski definition) is 0. The lowest BCUT2D eigenvalue weighted by Gasteiger charge is -2.31. The van der Waals surface area contributed by atoms with Gasteiger partial charge in [-0.2, -0.15) is 0 Å². The van der Waals surface area contributed by atoms with Gasteiger partial charge in [0.2, 0.25) is 0 Å². The lowest BCUT2D eigenvalue weighted by molar-refractivity contribution is -0.124. The Kier molecular flexibility index (Phi) is 14.5. The average molecular weight is 627 g/mol. The Morgan fingerprint density at radius 3 is 1.47 bits per heavy atom. The number of aryl methyl sites for hydroxylation is 2. The molecule has 0 saturated carbocycles. The van der Waals surface area contributed by atoms with E-state index in [0.29, 0.717) is 5.78 Å². The molecule has 0 amide bonds. The van der Waals surface area contributed by atoms with Crippen molar-refractivity contribution in [3.8, 4) is 0 Å². The highest BCUT2D eigenvalue weighted by molar-refractivity contribution is 5.81. The number of ketones is 1. The number of likely N-dealkylation sites (tertiary alicyclic amines) is 2. The van der Waals surface area contributed by atoms with Crippen LogP contribution in [-0.4, -0.2) is 41.8 Å². The fraction of sp³-hybridized carbons (Fsp3) is 0.386. The first-order valence-electron chi connectivity index (χ1n) is 18.0. The minimum absolute atomic E-state index is 0.285. The van der Waals surface area contributed by atoms with Gasteiger partial charge in [0.05, 0.1) is 0 Å². The zero-order valence-corrected chi connectivity index (χ0v) is 28.3. The summed E-state index contributed by atoms with van der Waals surface area (Å²) < 4.78 is 0. The van der Waals surface area contributed by atoms with Gasteiger partial charge in [-0.05, 0) is 93.1 Å². The monoisotopic (exact) mass is 626 g/mol. The maximum atomic E-state index is 12.4. The standard InChI is InChI=1S/C22H27NO.C22H27N/c24-22(13-7-12-19-8-3-1-4-9-19)21-14-16-23(17-15-21)18-20-10-5-2-6-11-20;1-3-9-20(10-4-1)11-7-8-12-21-15-17-23(18-16-21)19-22-13-5-2-6-14-22/h1-6,8-11,21H,7,12-18H2;1-6,9-10,12-14H,7-8,11,15-19H2. The smallest absolute Gasteiger partial charge is 0.136 e. The third-order valence-corrected chi connectivity index (χ3v) is 9.72. The maximum Gasteiger partial charge on any atom is 0.136 e. The third-order valence-electron chi connectivity index (χ3n) is 9.72. The molecule has 2 aliphatic rings. The van der Waals surface area contributed by atoms with Gasteiger partial charge >= 0.3 is 0 Å². The maximum absolute atomic E-state index is 12.4. The summed E-state index contributed by atoms with van der Waals surface area (Å²) in [5.74, 6) is 0.762. The highest BCUT2D eigenvalue weighted by Gasteiger charge is 2.24. The number of piperidine rings is 2. The molecule has 2 fully saturated rings. The van der Waals surface area contributed by atoms with Crippen molar-refractivity contribution in [1.29, 1.82) is 0 Å². The van der Waals surface area contributed by atoms with Crippen LogP contribution < -0.4 is 0 Å². The van der Waals surface area contributed by atoms with Crippen LogP contribution in [0, 0.1) is 5.92 Å². The zero-order valence-electron chi connectivity index (χ0n) is 28.3. The minimum Gasteiger partial charge on any atom is -0.299 e. The van der Waals surface area contributed by atoms with E-state index in [0.717, 1.165) is 58.3 Å². The molecule has 6 rings (SSSR count). The van der Waals surface area contributed by atoms with Crippen molar-refractivity contribution < 1.29 is 4.79 Å². The molecule has 0 aliphatic carbocycles. The second-order valence-electron chi connectivity index (χ2n) is 13.3. The van der Waals surface area contributed by atoms with Crippen LogP contribution in [0.5, 0.6) is 0 Å². The van der Waals surface area contributed by atoms with Gasteiger partial charge in [-0.25, -0.2) is 0 Å². The van der Waals surface area contributed by atoms with Gasteiger partial charge in [0.15, 0.2) is 0 Å². The molecule has 2 aliphatic heterocycles. The number of carbonyl (C=O) groups excluding carboxylic acids is 1. The minimum atomic E-state index is 0.285. The van der Waals surface area contributed by atoms with Crippen molar-refractivity contribution >= 4 is 5.78 Å². The Bertz CT molecular complexity index is 1430. The molecule has 2 saturated heterocycles. The van der Waals surface area contributed by atoms with Crippen LogP contribution in [0.3, 0.4) is 0 Å². The van der Waals surface area contributed by atoms with Crippen molar-refractivity contribution in [2.24, 2.45) is 5.92 Å². The second-order valence-corrected chi connectivity index (χ2v) is 13.3. The van der Waals surface area contributed by atoms with Crippen LogP contribution in [0.1, 0.15) is 73.6 Å². The van der Waals surface area contributed by atoms with Gasteiger partial charge in [0.25, 0.3) is 0 Å². The van der Waals surface area contributed by atoms with E-state index in [1.807, 2.05) is 6.07 Å². The lowest BCUT2D eigenvalue weighted by Crippen LogP contribution is -2.35. The molecule has 0 radical (unpaired) electrons. The summed E-state index contributed by atoms with van der Waals surface area (Å²) in [6, 6.07) is 42.7. The second kappa shape index (κ2) is 19.8. The molecule has 0 atom stereocenters. The molecular weight excluding hydrogens is 572 g/mol. The van der Waals surface area contributed by atoms with Crippen LogP contribution in [0.15, 0.2) is 133 Å². The Balaban J connectivity index is 0.000000185. The molecule has 0 bridgehead atoms. The van der Waals surface area contributed by atoms with Gasteiger partial charge in [-0.15, -0.1) is 0 Å². The van der Waals surface area contributed by atoms with Gasteiger partial charge < -0.3 is 0 Å². The molecule has 0 unspecified atom stereocenters. The van der Waals surface area contributed by atoms with Gasteiger partial charge in [-0.3, -0.25) is 14.6 Å². The molecule has 0 spiro atoms. The normalized spacial score (nSPS) is 15.9. The number of unbranched alkanes of at least 4 members (excludes halogenated alkanes) is 1. The van der Waals surface area contributed by atoms with Crippen molar-refractivity contribution in [2.75, 3.05) is 26.2 Å². The Morgan fingerprint density at radius 1 is 0.553 bits per heavy atom. The molecule has 246 valence electrons. The van der Waals surface area contributed by atoms with E-state index < -0.39 is 0 Å². The van der Waals surface area contributed by atoms with Crippen LogP contribution in [-0.2, 0) is 30.7 Å². The predicted octanol–water partition coefficient (Wildman–Crippen LogP) is 9.72. The fourth-order valence-corrected chi connectivity index (χ4v) is 6.87. The quantitative estimate of drug-likeness (QED) is 0.109. The Morgan fingerprint density at radius 2 is 0.979 bits per heavy atom. The zero-order chi connectivity index (χ0) is 32.4. The molecule has 4 aromatic rings. The lowest BCUT2D eigenvalue weighted by atomic mass is 9.89. The highest BCUT2D eigenvalue weighted by atomic mass is 16.1. The number of allylic oxidation sites excluding steroid dienone is 1. The van der Waals surface area contributed by atoms with Crippen LogP contribution in [0.2, 0.25) is 0 Å². The number of Topliss-reactive ketones (excluding diaryl/α,β-unsaturated/α-hetero) is 1. The van der Waals surface area contributed by atoms with Crippen molar-refractivity contribution in [2.45, 2.75) is 77.3 Å². The molecule has 47 heavy (non-hydrogen) atoms. The van der Waals surface area contributed by atoms with E-state index >= 15 is 0 Å². The third kappa shape index (κ3) is 12.7. The molecule has 3 nitrogen and oxygen atoms in total. The topological polar surface area (TPSA) is 23.6 Å². The van der Waals surface area contributed by atoms with Gasteiger partial charge in [0, 0.05) is 38.5 Å². The number of nitrogens with zero attached hydrogens (tertiary/aromatic N) is 2. The Hall–Kier alpha value is -3.79. The van der Waals surface area contributed by atoms with Crippen molar-refractivity contribution in [3.63, 3.8) is 0 Å². The van der Waals surface area contributed by atoms with E-state index in [2.05, 4.69) is 131 Å². The largest absolute Gasteiger partial charge is 0.299 e. The average Bonchev–Trinajstić information content (AvgIpc) is 3.13. The number of benzene rings is 4. The predicted molar refractivity (Wildman–Crippen MR) is 197 cm³/mol. The van der Waals surface area contributed by atoms with Crippen LogP contribution >= 0.6 is 0 Å². The Labute approximate surface area is 284 Å². The first kappa shape index (κ1) is 34.5. The molecule has 0 aromatic heterocycles. The summed E-state index contributed by atoms with van der Waals surface area (Å²) in [7, 11) is 0. The fourth-order valence-electron chi connectivity index (χ4n) is 6.87. The number of rotatable bonds is 13. The van der Waals surface area contributed by atoms with Crippen LogP contribution in [0.25, 0.3) is 0 Å². The van der Waals surface area contributed by atoms with Crippen LogP contribution in [0.4, 0.5) is 0 Å².